The fourth-order valence-corrected chi connectivity index (χ4v) is 3.17. The number of rotatable bonds is 5. The van der Waals surface area contributed by atoms with E-state index in [4.69, 9.17) is 22.4 Å². The Kier molecular flexibility index (Phi) is 4.76. The molecule has 0 radical (unpaired) electrons. The molecule has 5 nitrogen and oxygen atoms in total. The lowest BCUT2D eigenvalue weighted by atomic mass is 10.3. The summed E-state index contributed by atoms with van der Waals surface area (Å²) in [5.41, 5.74) is 5.75. The average molecular weight is 279 g/mol. The van der Waals surface area contributed by atoms with Gasteiger partial charge in [0.2, 0.25) is 10.0 Å². The molecule has 0 saturated carbocycles. The van der Waals surface area contributed by atoms with E-state index in [1.807, 2.05) is 0 Å². The highest BCUT2D eigenvalue weighted by Crippen LogP contribution is 2.25. The van der Waals surface area contributed by atoms with Crippen LogP contribution in [0.4, 0.5) is 5.69 Å². The molecule has 3 N–H and O–H groups in total. The number of benzene rings is 1. The summed E-state index contributed by atoms with van der Waals surface area (Å²) >= 11 is 5.71. The van der Waals surface area contributed by atoms with Gasteiger partial charge >= 0.3 is 0 Å². The largest absolute Gasteiger partial charge is 0.398 e. The SMILES string of the molecule is CCN(CCO)S(=O)(=O)c1ccc(Cl)cc1N. The molecule has 1 aromatic carbocycles. The zero-order valence-electron chi connectivity index (χ0n) is 9.43. The Morgan fingerprint density at radius 1 is 1.47 bits per heavy atom. The third kappa shape index (κ3) is 3.10. The second-order valence-corrected chi connectivity index (χ2v) is 5.75. The number of likely N-dealkylation sites (N-methyl/N-ethyl adjacent to an activating group) is 1. The highest BCUT2D eigenvalue weighted by Gasteiger charge is 2.24. The Morgan fingerprint density at radius 2 is 2.12 bits per heavy atom. The molecule has 0 aromatic heterocycles. The van der Waals surface area contributed by atoms with Crippen LogP contribution in [0.25, 0.3) is 0 Å². The van der Waals surface area contributed by atoms with Gasteiger partial charge in [-0.3, -0.25) is 0 Å². The van der Waals surface area contributed by atoms with Crippen molar-refractivity contribution >= 4 is 27.3 Å². The van der Waals surface area contributed by atoms with Crippen molar-refractivity contribution in [2.75, 3.05) is 25.4 Å². The van der Waals surface area contributed by atoms with Gasteiger partial charge in [0.1, 0.15) is 4.90 Å². The molecule has 0 spiro atoms. The van der Waals surface area contributed by atoms with Gasteiger partial charge < -0.3 is 10.8 Å². The monoisotopic (exact) mass is 278 g/mol. The van der Waals surface area contributed by atoms with E-state index >= 15 is 0 Å². The number of aliphatic hydroxyl groups is 1. The van der Waals surface area contributed by atoms with Crippen LogP contribution in [0.2, 0.25) is 5.02 Å². The summed E-state index contributed by atoms with van der Waals surface area (Å²) in [4.78, 5) is 0.0113. The van der Waals surface area contributed by atoms with Gasteiger partial charge in [0.25, 0.3) is 0 Å². The quantitative estimate of drug-likeness (QED) is 0.785. The number of halogens is 1. The zero-order chi connectivity index (χ0) is 13.1. The molecule has 1 aromatic rings. The third-order valence-corrected chi connectivity index (χ3v) is 4.58. The second kappa shape index (κ2) is 5.68. The first-order valence-corrected chi connectivity index (χ1v) is 6.91. The van der Waals surface area contributed by atoms with E-state index in [0.29, 0.717) is 5.02 Å². The first-order chi connectivity index (χ1) is 7.93. The molecule has 0 aliphatic carbocycles. The molecule has 0 saturated heterocycles. The van der Waals surface area contributed by atoms with E-state index < -0.39 is 10.0 Å². The van der Waals surface area contributed by atoms with E-state index in [-0.39, 0.29) is 30.3 Å². The topological polar surface area (TPSA) is 83.6 Å². The van der Waals surface area contributed by atoms with Crippen LogP contribution in [0.1, 0.15) is 6.92 Å². The number of nitrogen functional groups attached to an aromatic ring is 1. The van der Waals surface area contributed by atoms with Crippen LogP contribution in [-0.4, -0.2) is 37.5 Å². The Labute approximate surface area is 106 Å². The van der Waals surface area contributed by atoms with Gasteiger partial charge in [0.05, 0.1) is 12.3 Å². The van der Waals surface area contributed by atoms with E-state index in [1.165, 1.54) is 18.2 Å². The van der Waals surface area contributed by atoms with E-state index in [1.54, 1.807) is 6.92 Å². The van der Waals surface area contributed by atoms with Crippen molar-refractivity contribution in [1.82, 2.24) is 4.31 Å². The van der Waals surface area contributed by atoms with Gasteiger partial charge in [-0.05, 0) is 18.2 Å². The van der Waals surface area contributed by atoms with Crippen molar-refractivity contribution in [3.05, 3.63) is 23.2 Å². The molecule has 96 valence electrons. The zero-order valence-corrected chi connectivity index (χ0v) is 11.0. The highest BCUT2D eigenvalue weighted by atomic mass is 35.5. The number of sulfonamides is 1. The summed E-state index contributed by atoms with van der Waals surface area (Å²) in [6, 6.07) is 4.23. The number of anilines is 1. The minimum absolute atomic E-state index is 0.0113. The number of hydrogen-bond acceptors (Lipinski definition) is 4. The summed E-state index contributed by atoms with van der Waals surface area (Å²) in [5.74, 6) is 0. The minimum Gasteiger partial charge on any atom is -0.398 e. The molecule has 0 aliphatic rings. The van der Waals surface area contributed by atoms with E-state index in [9.17, 15) is 8.42 Å². The number of nitrogens with zero attached hydrogens (tertiary/aromatic N) is 1. The van der Waals surface area contributed by atoms with E-state index in [0.717, 1.165) is 4.31 Å². The molecule has 7 heteroatoms. The normalized spacial score (nSPS) is 12.0. The van der Waals surface area contributed by atoms with E-state index in [2.05, 4.69) is 0 Å². The lowest BCUT2D eigenvalue weighted by molar-refractivity contribution is 0.257. The molecule has 0 atom stereocenters. The maximum absolute atomic E-state index is 12.2. The molecule has 0 aliphatic heterocycles. The lowest BCUT2D eigenvalue weighted by Gasteiger charge is -2.20. The van der Waals surface area contributed by atoms with Gasteiger partial charge in [-0.25, -0.2) is 8.42 Å². The highest BCUT2D eigenvalue weighted by molar-refractivity contribution is 7.89. The predicted molar refractivity (Wildman–Crippen MR) is 67.4 cm³/mol. The van der Waals surface area contributed by atoms with Crippen LogP contribution in [0.15, 0.2) is 23.1 Å². The van der Waals surface area contributed by atoms with Crippen LogP contribution < -0.4 is 5.73 Å². The van der Waals surface area contributed by atoms with Gasteiger partial charge in [-0.15, -0.1) is 0 Å². The summed E-state index contributed by atoms with van der Waals surface area (Å²) in [6.07, 6.45) is 0. The molecule has 0 unspecified atom stereocenters. The van der Waals surface area contributed by atoms with Crippen LogP contribution >= 0.6 is 11.6 Å². The van der Waals surface area contributed by atoms with Gasteiger partial charge in [0, 0.05) is 18.1 Å². The van der Waals surface area contributed by atoms with Crippen molar-refractivity contribution in [3.8, 4) is 0 Å². The first kappa shape index (κ1) is 14.2. The summed E-state index contributed by atoms with van der Waals surface area (Å²) in [7, 11) is -3.67. The summed E-state index contributed by atoms with van der Waals surface area (Å²) < 4.78 is 25.5. The third-order valence-electron chi connectivity index (χ3n) is 2.29. The molecule has 0 amide bonds. The smallest absolute Gasteiger partial charge is 0.245 e. The minimum atomic E-state index is -3.67. The number of nitrogens with two attached hydrogens (primary N) is 1. The Bertz CT molecular complexity index is 490. The maximum Gasteiger partial charge on any atom is 0.245 e. The first-order valence-electron chi connectivity index (χ1n) is 5.09. The molecule has 0 heterocycles. The van der Waals surface area contributed by atoms with Crippen molar-refractivity contribution in [2.24, 2.45) is 0 Å². The Balaban J connectivity index is 3.20. The van der Waals surface area contributed by atoms with Gasteiger partial charge in [0.15, 0.2) is 0 Å². The Hall–Kier alpha value is -0.820. The standard InChI is InChI=1S/C10H15ClN2O3S/c1-2-13(5-6-14)17(15,16)10-4-3-8(11)7-9(10)12/h3-4,7,14H,2,5-6,12H2,1H3. The van der Waals surface area contributed by atoms with Crippen LogP contribution in [0.5, 0.6) is 0 Å². The molecule has 17 heavy (non-hydrogen) atoms. The maximum atomic E-state index is 12.2. The predicted octanol–water partition coefficient (Wildman–Crippen LogP) is 0.925. The average Bonchev–Trinajstić information content (AvgIpc) is 2.24. The summed E-state index contributed by atoms with van der Waals surface area (Å²) in [5, 5.41) is 9.21. The number of hydrogen-bond donors (Lipinski definition) is 2. The number of aliphatic hydroxyl groups excluding tert-OH is 1. The van der Waals surface area contributed by atoms with Gasteiger partial charge in [-0.2, -0.15) is 4.31 Å². The molecule has 0 bridgehead atoms. The molecular weight excluding hydrogens is 264 g/mol. The molecule has 0 fully saturated rings. The van der Waals surface area contributed by atoms with Crippen molar-refractivity contribution in [3.63, 3.8) is 0 Å². The second-order valence-electron chi connectivity index (χ2n) is 3.40. The van der Waals surface area contributed by atoms with Crippen molar-refractivity contribution in [2.45, 2.75) is 11.8 Å². The fraction of sp³-hybridized carbons (Fsp3) is 0.400. The van der Waals surface area contributed by atoms with Gasteiger partial charge in [-0.1, -0.05) is 18.5 Å². The van der Waals surface area contributed by atoms with Crippen LogP contribution in [0.3, 0.4) is 0 Å². The van der Waals surface area contributed by atoms with Crippen molar-refractivity contribution in [1.29, 1.82) is 0 Å². The molecular formula is C10H15ClN2O3S. The Morgan fingerprint density at radius 3 is 2.59 bits per heavy atom. The fourth-order valence-electron chi connectivity index (χ4n) is 1.45. The van der Waals surface area contributed by atoms with Crippen LogP contribution in [0, 0.1) is 0 Å². The van der Waals surface area contributed by atoms with Crippen LogP contribution in [-0.2, 0) is 10.0 Å². The summed E-state index contributed by atoms with van der Waals surface area (Å²) in [6.45, 7) is 1.77. The van der Waals surface area contributed by atoms with Crippen molar-refractivity contribution < 1.29 is 13.5 Å². The molecule has 1 rings (SSSR count). The lowest BCUT2D eigenvalue weighted by Crippen LogP contribution is -2.33.